The summed E-state index contributed by atoms with van der Waals surface area (Å²) in [6.45, 7) is 5.09. The fraction of sp³-hybridized carbons (Fsp3) is 0.296. The summed E-state index contributed by atoms with van der Waals surface area (Å²) in [5.74, 6) is -2.28. The number of rotatable bonds is 7. The van der Waals surface area contributed by atoms with Crippen LogP contribution in [0.25, 0.3) is 0 Å². The second-order valence-corrected chi connectivity index (χ2v) is 8.97. The number of amides is 1. The number of piperazine rings is 1. The molecule has 0 unspecified atom stereocenters. The summed E-state index contributed by atoms with van der Waals surface area (Å²) >= 11 is 6.07. The third kappa shape index (κ3) is 6.00. The van der Waals surface area contributed by atoms with Crippen LogP contribution in [-0.4, -0.2) is 48.4 Å². The van der Waals surface area contributed by atoms with Crippen LogP contribution in [0.2, 0.25) is 5.02 Å². The highest BCUT2D eigenvalue weighted by Gasteiger charge is 2.28. The van der Waals surface area contributed by atoms with E-state index >= 15 is 0 Å². The standard InChI is InChI=1S/C27H27ClF2N2O2/c1-19-4-2-5-20(16-19)18-34-25(21-8-10-22(28)11-9-21)17-31-12-14-32(15-13-31)27(33)26-23(29)6-3-7-24(26)30/h2-11,16,25H,12-15,17-18H2,1H3/t25-/m0/s1. The predicted molar refractivity (Wildman–Crippen MR) is 129 cm³/mol. The molecule has 4 rings (SSSR count). The van der Waals surface area contributed by atoms with Crippen LogP contribution in [-0.2, 0) is 11.3 Å². The number of hydrogen-bond acceptors (Lipinski definition) is 3. The Bertz CT molecular complexity index is 1110. The molecule has 1 atom stereocenters. The maximum absolute atomic E-state index is 14.0. The fourth-order valence-electron chi connectivity index (χ4n) is 4.16. The molecule has 0 N–H and O–H groups in total. The van der Waals surface area contributed by atoms with E-state index in [1.807, 2.05) is 49.4 Å². The van der Waals surface area contributed by atoms with Crippen molar-refractivity contribution in [2.45, 2.75) is 19.6 Å². The van der Waals surface area contributed by atoms with E-state index in [2.05, 4.69) is 11.0 Å². The summed E-state index contributed by atoms with van der Waals surface area (Å²) in [5.41, 5.74) is 2.80. The number of aryl methyl sites for hydroxylation is 1. The highest BCUT2D eigenvalue weighted by Crippen LogP contribution is 2.24. The Morgan fingerprint density at radius 2 is 1.62 bits per heavy atom. The average Bonchev–Trinajstić information content (AvgIpc) is 2.82. The smallest absolute Gasteiger partial charge is 0.259 e. The minimum absolute atomic E-state index is 0.191. The van der Waals surface area contributed by atoms with Gasteiger partial charge in [0.2, 0.25) is 0 Å². The maximum Gasteiger partial charge on any atom is 0.259 e. The Hall–Kier alpha value is -2.80. The molecule has 3 aromatic rings. The molecular formula is C27H27ClF2N2O2. The van der Waals surface area contributed by atoms with Gasteiger partial charge in [-0.15, -0.1) is 0 Å². The van der Waals surface area contributed by atoms with Gasteiger partial charge in [0.05, 0.1) is 12.7 Å². The second-order valence-electron chi connectivity index (χ2n) is 8.53. The fourth-order valence-corrected chi connectivity index (χ4v) is 4.28. The zero-order valence-electron chi connectivity index (χ0n) is 19.0. The first-order valence-corrected chi connectivity index (χ1v) is 11.7. The molecule has 1 aliphatic rings. The van der Waals surface area contributed by atoms with E-state index in [-0.39, 0.29) is 6.10 Å². The molecule has 0 saturated carbocycles. The third-order valence-electron chi connectivity index (χ3n) is 6.04. The zero-order valence-corrected chi connectivity index (χ0v) is 19.8. The van der Waals surface area contributed by atoms with E-state index in [0.717, 1.165) is 23.3 Å². The molecule has 34 heavy (non-hydrogen) atoms. The summed E-state index contributed by atoms with van der Waals surface area (Å²) in [6, 6.07) is 19.3. The van der Waals surface area contributed by atoms with Crippen LogP contribution in [0.15, 0.2) is 66.7 Å². The lowest BCUT2D eigenvalue weighted by molar-refractivity contribution is 0.00332. The van der Waals surface area contributed by atoms with Crippen LogP contribution in [0.4, 0.5) is 8.78 Å². The Labute approximate surface area is 203 Å². The molecule has 1 heterocycles. The minimum Gasteiger partial charge on any atom is -0.368 e. The van der Waals surface area contributed by atoms with Gasteiger partial charge in [0, 0.05) is 37.7 Å². The first-order valence-electron chi connectivity index (χ1n) is 11.3. The highest BCUT2D eigenvalue weighted by molar-refractivity contribution is 6.30. The van der Waals surface area contributed by atoms with Gasteiger partial charge < -0.3 is 9.64 Å². The normalized spacial score (nSPS) is 15.4. The van der Waals surface area contributed by atoms with Crippen LogP contribution in [0.3, 0.4) is 0 Å². The van der Waals surface area contributed by atoms with E-state index in [1.54, 1.807) is 0 Å². The molecule has 0 aromatic heterocycles. The molecule has 1 fully saturated rings. The van der Waals surface area contributed by atoms with Crippen molar-refractivity contribution in [1.29, 1.82) is 0 Å². The predicted octanol–water partition coefficient (Wildman–Crippen LogP) is 5.64. The van der Waals surface area contributed by atoms with Gasteiger partial charge in [0.15, 0.2) is 0 Å². The van der Waals surface area contributed by atoms with Gasteiger partial charge in [0.1, 0.15) is 17.2 Å². The number of hydrogen-bond donors (Lipinski definition) is 0. The van der Waals surface area contributed by atoms with Gasteiger partial charge >= 0.3 is 0 Å². The lowest BCUT2D eigenvalue weighted by Crippen LogP contribution is -2.50. The first-order chi connectivity index (χ1) is 16.4. The lowest BCUT2D eigenvalue weighted by Gasteiger charge is -2.36. The number of ether oxygens (including phenoxy) is 1. The topological polar surface area (TPSA) is 32.8 Å². The van der Waals surface area contributed by atoms with Gasteiger partial charge in [-0.05, 0) is 42.3 Å². The molecule has 7 heteroatoms. The van der Waals surface area contributed by atoms with Gasteiger partial charge in [-0.25, -0.2) is 8.78 Å². The SMILES string of the molecule is Cc1cccc(CO[C@@H](CN2CCN(C(=O)c3c(F)cccc3F)CC2)c2ccc(Cl)cc2)c1. The van der Waals surface area contributed by atoms with Crippen LogP contribution in [0.1, 0.15) is 33.2 Å². The summed E-state index contributed by atoms with van der Waals surface area (Å²) < 4.78 is 34.4. The van der Waals surface area contributed by atoms with E-state index in [0.29, 0.717) is 44.4 Å². The Kier molecular flexibility index (Phi) is 7.93. The molecule has 0 bridgehead atoms. The van der Waals surface area contributed by atoms with Gasteiger partial charge in [-0.2, -0.15) is 0 Å². The number of nitrogens with zero attached hydrogens (tertiary/aromatic N) is 2. The monoisotopic (exact) mass is 484 g/mol. The van der Waals surface area contributed by atoms with Gasteiger partial charge in [0.25, 0.3) is 5.91 Å². The Balaban J connectivity index is 1.41. The van der Waals surface area contributed by atoms with E-state index in [1.165, 1.54) is 16.5 Å². The van der Waals surface area contributed by atoms with Crippen LogP contribution >= 0.6 is 11.6 Å². The molecule has 178 valence electrons. The zero-order chi connectivity index (χ0) is 24.1. The molecule has 0 spiro atoms. The van der Waals surface area contributed by atoms with Crippen molar-refractivity contribution in [2.24, 2.45) is 0 Å². The summed E-state index contributed by atoms with van der Waals surface area (Å²) in [5, 5.41) is 0.661. The van der Waals surface area contributed by atoms with Crippen molar-refractivity contribution in [2.75, 3.05) is 32.7 Å². The lowest BCUT2D eigenvalue weighted by atomic mass is 10.1. The van der Waals surface area contributed by atoms with Crippen LogP contribution in [0, 0.1) is 18.6 Å². The summed E-state index contributed by atoms with van der Waals surface area (Å²) in [4.78, 5) is 16.4. The van der Waals surface area contributed by atoms with Gasteiger partial charge in [-0.1, -0.05) is 59.6 Å². The molecule has 1 aliphatic heterocycles. The number of halogens is 3. The summed E-state index contributed by atoms with van der Waals surface area (Å²) in [7, 11) is 0. The van der Waals surface area contributed by atoms with E-state index in [9.17, 15) is 13.6 Å². The van der Waals surface area contributed by atoms with Crippen LogP contribution < -0.4 is 0 Å². The summed E-state index contributed by atoms with van der Waals surface area (Å²) in [6.07, 6.45) is -0.191. The second kappa shape index (κ2) is 11.1. The largest absolute Gasteiger partial charge is 0.368 e. The van der Waals surface area contributed by atoms with Crippen molar-refractivity contribution < 1.29 is 18.3 Å². The third-order valence-corrected chi connectivity index (χ3v) is 6.29. The van der Waals surface area contributed by atoms with Crippen molar-refractivity contribution in [3.8, 4) is 0 Å². The first kappa shape index (κ1) is 24.3. The molecule has 3 aromatic carbocycles. The van der Waals surface area contributed by atoms with Crippen molar-refractivity contribution in [3.63, 3.8) is 0 Å². The minimum atomic E-state index is -0.834. The highest BCUT2D eigenvalue weighted by atomic mass is 35.5. The molecule has 4 nitrogen and oxygen atoms in total. The maximum atomic E-state index is 14.0. The average molecular weight is 485 g/mol. The number of carbonyl (C=O) groups excluding carboxylic acids is 1. The quantitative estimate of drug-likeness (QED) is 0.435. The van der Waals surface area contributed by atoms with Crippen LogP contribution in [0.5, 0.6) is 0 Å². The van der Waals surface area contributed by atoms with Crippen molar-refractivity contribution in [1.82, 2.24) is 9.80 Å². The Morgan fingerprint density at radius 1 is 0.971 bits per heavy atom. The number of benzene rings is 3. The molecule has 1 saturated heterocycles. The molecule has 1 amide bonds. The van der Waals surface area contributed by atoms with E-state index < -0.39 is 23.1 Å². The molecular weight excluding hydrogens is 458 g/mol. The number of carbonyl (C=O) groups is 1. The van der Waals surface area contributed by atoms with Gasteiger partial charge in [-0.3, -0.25) is 9.69 Å². The van der Waals surface area contributed by atoms with Crippen molar-refractivity contribution >= 4 is 17.5 Å². The molecule has 0 aliphatic carbocycles. The van der Waals surface area contributed by atoms with Crippen molar-refractivity contribution in [3.05, 3.63) is 106 Å². The Morgan fingerprint density at radius 3 is 2.26 bits per heavy atom. The van der Waals surface area contributed by atoms with E-state index in [4.69, 9.17) is 16.3 Å². The molecule has 0 radical (unpaired) electrons.